The number of piperidine rings is 1. The van der Waals surface area contributed by atoms with Crippen molar-refractivity contribution in [3.63, 3.8) is 0 Å². The molecule has 2 bridgehead atoms. The number of aromatic nitrogens is 2. The summed E-state index contributed by atoms with van der Waals surface area (Å²) in [6, 6.07) is 14.3. The van der Waals surface area contributed by atoms with Gasteiger partial charge in [-0.2, -0.15) is 0 Å². The number of benzene rings is 1. The molecule has 2 unspecified atom stereocenters. The van der Waals surface area contributed by atoms with Gasteiger partial charge in [0.05, 0.1) is 11.7 Å². The summed E-state index contributed by atoms with van der Waals surface area (Å²) in [7, 11) is 0. The average molecular weight is 366 g/mol. The molecule has 142 valence electrons. The summed E-state index contributed by atoms with van der Waals surface area (Å²) in [5, 5.41) is 8.85. The summed E-state index contributed by atoms with van der Waals surface area (Å²) in [5.74, 6) is 1.32. The van der Waals surface area contributed by atoms with Crippen LogP contribution in [0.25, 0.3) is 11.3 Å². The van der Waals surface area contributed by atoms with Gasteiger partial charge in [-0.3, -0.25) is 0 Å². The highest BCUT2D eigenvalue weighted by Crippen LogP contribution is 2.33. The van der Waals surface area contributed by atoms with Gasteiger partial charge in [0.15, 0.2) is 5.82 Å². The van der Waals surface area contributed by atoms with Crippen LogP contribution in [0.3, 0.4) is 0 Å². The van der Waals surface area contributed by atoms with Crippen molar-refractivity contribution in [3.8, 4) is 11.3 Å². The Bertz CT molecular complexity index is 801. The summed E-state index contributed by atoms with van der Waals surface area (Å²) >= 11 is 0. The molecule has 27 heavy (non-hydrogen) atoms. The predicted molar refractivity (Wildman–Crippen MR) is 105 cm³/mol. The van der Waals surface area contributed by atoms with Gasteiger partial charge in [-0.05, 0) is 45.2 Å². The Morgan fingerprint density at radius 3 is 2.48 bits per heavy atom. The molecule has 2 aliphatic heterocycles. The summed E-state index contributed by atoms with van der Waals surface area (Å²) in [5.41, 5.74) is 1.47. The van der Waals surface area contributed by atoms with Crippen LogP contribution in [0, 0.1) is 5.92 Å². The molecule has 2 fully saturated rings. The van der Waals surface area contributed by atoms with Crippen LogP contribution in [-0.2, 0) is 4.74 Å². The molecule has 1 aromatic heterocycles. The fourth-order valence-electron chi connectivity index (χ4n) is 3.95. The first-order valence-corrected chi connectivity index (χ1v) is 9.53. The monoisotopic (exact) mass is 366 g/mol. The Hall–Kier alpha value is -2.63. The summed E-state index contributed by atoms with van der Waals surface area (Å²) in [6.45, 7) is 8.14. The number of hydrogen-bond donors (Lipinski definition) is 0. The van der Waals surface area contributed by atoms with Crippen molar-refractivity contribution >= 4 is 11.9 Å². The fourth-order valence-corrected chi connectivity index (χ4v) is 3.95. The molecule has 0 N–H and O–H groups in total. The highest BCUT2D eigenvalue weighted by atomic mass is 16.6. The number of fused-ring (bicyclic) bond motifs is 2. The molecule has 6 heteroatoms. The minimum atomic E-state index is -0.466. The third-order valence-electron chi connectivity index (χ3n) is 5.08. The quantitative estimate of drug-likeness (QED) is 0.813. The summed E-state index contributed by atoms with van der Waals surface area (Å²) < 4.78 is 5.58. The van der Waals surface area contributed by atoms with Crippen molar-refractivity contribution in [2.24, 2.45) is 5.92 Å². The lowest BCUT2D eigenvalue weighted by atomic mass is 10.00. The Morgan fingerprint density at radius 1 is 1.04 bits per heavy atom. The average Bonchev–Trinajstić information content (AvgIpc) is 2.95. The zero-order chi connectivity index (χ0) is 19.0. The molecular weight excluding hydrogens is 340 g/mol. The minimum absolute atomic E-state index is 0.175. The molecule has 6 nitrogen and oxygen atoms in total. The number of nitrogens with zero attached hydrogens (tertiary/aromatic N) is 4. The van der Waals surface area contributed by atoms with E-state index in [1.165, 1.54) is 0 Å². The number of hydrogen-bond acceptors (Lipinski definition) is 5. The molecule has 0 radical (unpaired) electrons. The van der Waals surface area contributed by atoms with Gasteiger partial charge in [0.1, 0.15) is 5.60 Å². The maximum absolute atomic E-state index is 12.5. The van der Waals surface area contributed by atoms with Crippen LogP contribution in [0.1, 0.15) is 27.2 Å². The van der Waals surface area contributed by atoms with Crippen LogP contribution < -0.4 is 4.90 Å². The smallest absolute Gasteiger partial charge is 0.410 e. The van der Waals surface area contributed by atoms with E-state index in [4.69, 9.17) is 4.74 Å². The van der Waals surface area contributed by atoms with E-state index in [9.17, 15) is 4.79 Å². The molecule has 0 saturated carbocycles. The second kappa shape index (κ2) is 6.83. The molecule has 4 rings (SSSR count). The maximum Gasteiger partial charge on any atom is 0.410 e. The third kappa shape index (κ3) is 3.89. The van der Waals surface area contributed by atoms with E-state index in [0.29, 0.717) is 5.92 Å². The number of likely N-dealkylation sites (tertiary alicyclic amines) is 1. The van der Waals surface area contributed by atoms with Gasteiger partial charge in [0.25, 0.3) is 0 Å². The zero-order valence-corrected chi connectivity index (χ0v) is 16.1. The number of rotatable bonds is 2. The van der Waals surface area contributed by atoms with E-state index < -0.39 is 5.60 Å². The van der Waals surface area contributed by atoms with Crippen molar-refractivity contribution in [1.29, 1.82) is 0 Å². The molecule has 1 aromatic carbocycles. The summed E-state index contributed by atoms with van der Waals surface area (Å²) in [4.78, 5) is 16.6. The molecule has 3 heterocycles. The van der Waals surface area contributed by atoms with Gasteiger partial charge in [-0.1, -0.05) is 30.3 Å². The van der Waals surface area contributed by atoms with E-state index in [-0.39, 0.29) is 12.1 Å². The highest BCUT2D eigenvalue weighted by Gasteiger charge is 2.42. The lowest BCUT2D eigenvalue weighted by Gasteiger charge is -2.33. The van der Waals surface area contributed by atoms with E-state index in [2.05, 4.69) is 15.1 Å². The normalized spacial score (nSPS) is 22.0. The Labute approximate surface area is 160 Å². The topological polar surface area (TPSA) is 58.6 Å². The third-order valence-corrected chi connectivity index (χ3v) is 5.08. The second-order valence-corrected chi connectivity index (χ2v) is 8.44. The predicted octanol–water partition coefficient (Wildman–Crippen LogP) is 3.59. The van der Waals surface area contributed by atoms with E-state index in [0.717, 1.165) is 43.1 Å². The van der Waals surface area contributed by atoms with Crippen LogP contribution in [0.2, 0.25) is 0 Å². The van der Waals surface area contributed by atoms with Crippen LogP contribution in [-0.4, -0.2) is 52.5 Å². The molecule has 2 aliphatic rings. The summed E-state index contributed by atoms with van der Waals surface area (Å²) in [6.07, 6.45) is 0.827. The largest absolute Gasteiger partial charge is 0.444 e. The minimum Gasteiger partial charge on any atom is -0.444 e. The molecular formula is C21H26N4O2. The number of carbonyl (C=O) groups is 1. The van der Waals surface area contributed by atoms with Gasteiger partial charge in [0.2, 0.25) is 0 Å². The van der Waals surface area contributed by atoms with Gasteiger partial charge in [-0.25, -0.2) is 4.79 Å². The molecule has 2 saturated heterocycles. The number of carbonyl (C=O) groups excluding carboxylic acids is 1. The number of ether oxygens (including phenoxy) is 1. The Balaban J connectivity index is 1.45. The SMILES string of the molecule is CC(C)(C)OC(=O)N1CC2CC1CN(c1ccc(-c3ccccc3)nn1)C2. The first-order chi connectivity index (χ1) is 12.9. The first kappa shape index (κ1) is 17.8. The van der Waals surface area contributed by atoms with Crippen LogP contribution in [0.5, 0.6) is 0 Å². The number of anilines is 1. The van der Waals surface area contributed by atoms with Gasteiger partial charge in [-0.15, -0.1) is 10.2 Å². The van der Waals surface area contributed by atoms with Crippen molar-refractivity contribution in [1.82, 2.24) is 15.1 Å². The number of amides is 1. The van der Waals surface area contributed by atoms with Crippen molar-refractivity contribution in [2.45, 2.75) is 38.8 Å². The second-order valence-electron chi connectivity index (χ2n) is 8.44. The van der Waals surface area contributed by atoms with Gasteiger partial charge >= 0.3 is 6.09 Å². The molecule has 2 aromatic rings. The molecule has 0 aliphatic carbocycles. The maximum atomic E-state index is 12.5. The fraction of sp³-hybridized carbons (Fsp3) is 0.476. The molecule has 0 spiro atoms. The molecule has 1 amide bonds. The van der Waals surface area contributed by atoms with Crippen LogP contribution >= 0.6 is 0 Å². The van der Waals surface area contributed by atoms with Gasteiger partial charge < -0.3 is 14.5 Å². The Kier molecular flexibility index (Phi) is 4.50. The standard InChI is InChI=1S/C21H26N4O2/c1-21(2,3)27-20(26)25-13-15-11-17(25)14-24(12-15)19-10-9-18(22-23-19)16-7-5-4-6-8-16/h4-10,15,17H,11-14H2,1-3H3. The van der Waals surface area contributed by atoms with Crippen molar-refractivity contribution in [3.05, 3.63) is 42.5 Å². The van der Waals surface area contributed by atoms with Crippen molar-refractivity contribution < 1.29 is 9.53 Å². The van der Waals surface area contributed by atoms with E-state index in [1.54, 1.807) is 0 Å². The van der Waals surface area contributed by atoms with E-state index in [1.807, 2.05) is 68.1 Å². The van der Waals surface area contributed by atoms with Crippen LogP contribution in [0.15, 0.2) is 42.5 Å². The Morgan fingerprint density at radius 2 is 1.81 bits per heavy atom. The molecule has 2 atom stereocenters. The van der Waals surface area contributed by atoms with Crippen molar-refractivity contribution in [2.75, 3.05) is 24.5 Å². The van der Waals surface area contributed by atoms with E-state index >= 15 is 0 Å². The lowest BCUT2D eigenvalue weighted by molar-refractivity contribution is 0.0233. The zero-order valence-electron chi connectivity index (χ0n) is 16.1. The lowest BCUT2D eigenvalue weighted by Crippen LogP contribution is -2.45. The highest BCUT2D eigenvalue weighted by molar-refractivity contribution is 5.69. The van der Waals surface area contributed by atoms with Gasteiger partial charge in [0, 0.05) is 25.2 Å². The first-order valence-electron chi connectivity index (χ1n) is 9.53. The van der Waals surface area contributed by atoms with Crippen LogP contribution in [0.4, 0.5) is 10.6 Å².